The molecule has 0 saturated heterocycles. The smallest absolute Gasteiger partial charge is 0.321 e. The van der Waals surface area contributed by atoms with Crippen LogP contribution in [0, 0.1) is 0 Å². The molecule has 0 bridgehead atoms. The molecule has 0 unspecified atom stereocenters. The molecule has 6 heteroatoms. The number of hydrazine groups is 2. The molecule has 15 heavy (non-hydrogen) atoms. The molecule has 4 N–H and O–H groups in total. The number of hydrogen-bond donors (Lipinski definition) is 3. The van der Waals surface area contributed by atoms with Crippen molar-refractivity contribution in [3.05, 3.63) is 35.9 Å². The van der Waals surface area contributed by atoms with Crippen molar-refractivity contribution < 1.29 is 14.7 Å². The maximum Gasteiger partial charge on any atom is 0.321 e. The number of benzene rings is 1. The van der Waals surface area contributed by atoms with E-state index in [4.69, 9.17) is 10.9 Å². The average molecular weight is 209 g/mol. The van der Waals surface area contributed by atoms with Gasteiger partial charge in [0.25, 0.3) is 5.91 Å². The number of nitrogens with zero attached hydrogens (tertiary/aromatic N) is 1. The van der Waals surface area contributed by atoms with Crippen molar-refractivity contribution in [2.45, 2.75) is 0 Å². The highest BCUT2D eigenvalue weighted by molar-refractivity contribution is 5.93. The van der Waals surface area contributed by atoms with Gasteiger partial charge in [0.15, 0.2) is 0 Å². The van der Waals surface area contributed by atoms with Crippen LogP contribution < -0.4 is 11.3 Å². The molecule has 0 aliphatic carbocycles. The van der Waals surface area contributed by atoms with Crippen LogP contribution in [0.15, 0.2) is 30.3 Å². The topological polar surface area (TPSA) is 95.7 Å². The minimum absolute atomic E-state index is 0.415. The molecule has 1 aromatic carbocycles. The van der Waals surface area contributed by atoms with Gasteiger partial charge in [0.1, 0.15) is 6.54 Å². The highest BCUT2D eigenvalue weighted by Crippen LogP contribution is 1.97. The Bertz CT molecular complexity index is 353. The van der Waals surface area contributed by atoms with E-state index in [-0.39, 0.29) is 0 Å². The third-order valence-electron chi connectivity index (χ3n) is 1.59. The molecule has 0 fully saturated rings. The van der Waals surface area contributed by atoms with Gasteiger partial charge >= 0.3 is 5.97 Å². The number of carboxylic acids is 1. The normalized spacial score (nSPS) is 10.0. The maximum absolute atomic E-state index is 11.4. The van der Waals surface area contributed by atoms with Gasteiger partial charge in [0, 0.05) is 5.56 Å². The second kappa shape index (κ2) is 5.08. The molecule has 0 aromatic heterocycles. The van der Waals surface area contributed by atoms with Crippen molar-refractivity contribution >= 4 is 11.9 Å². The monoisotopic (exact) mass is 209 g/mol. The Labute approximate surface area is 86.2 Å². The number of hydrogen-bond acceptors (Lipinski definition) is 4. The Balaban J connectivity index is 2.53. The van der Waals surface area contributed by atoms with Gasteiger partial charge < -0.3 is 5.11 Å². The third kappa shape index (κ3) is 3.75. The van der Waals surface area contributed by atoms with Gasteiger partial charge in [-0.1, -0.05) is 18.2 Å². The molecule has 0 aliphatic rings. The summed E-state index contributed by atoms with van der Waals surface area (Å²) in [6.45, 7) is -0.460. The Hall–Kier alpha value is -1.92. The average Bonchev–Trinajstić information content (AvgIpc) is 2.17. The summed E-state index contributed by atoms with van der Waals surface area (Å²) >= 11 is 0. The first kappa shape index (κ1) is 11.2. The van der Waals surface area contributed by atoms with Crippen LogP contribution in [-0.2, 0) is 4.79 Å². The molecular weight excluding hydrogens is 198 g/mol. The maximum atomic E-state index is 11.4. The van der Waals surface area contributed by atoms with Crippen molar-refractivity contribution in [2.75, 3.05) is 6.54 Å². The Morgan fingerprint density at radius 2 is 1.93 bits per heavy atom. The van der Waals surface area contributed by atoms with Crippen molar-refractivity contribution in [1.82, 2.24) is 10.5 Å². The fourth-order valence-corrected chi connectivity index (χ4v) is 0.970. The van der Waals surface area contributed by atoms with E-state index in [1.54, 1.807) is 30.3 Å². The summed E-state index contributed by atoms with van der Waals surface area (Å²) in [6.07, 6.45) is 0. The van der Waals surface area contributed by atoms with E-state index in [1.165, 1.54) is 0 Å². The van der Waals surface area contributed by atoms with Crippen LogP contribution >= 0.6 is 0 Å². The Morgan fingerprint density at radius 1 is 1.33 bits per heavy atom. The van der Waals surface area contributed by atoms with Gasteiger partial charge in [-0.3, -0.25) is 20.9 Å². The number of carbonyl (C=O) groups excluding carboxylic acids is 1. The van der Waals surface area contributed by atoms with Crippen LogP contribution in [0.5, 0.6) is 0 Å². The Kier molecular flexibility index (Phi) is 3.78. The summed E-state index contributed by atoms with van der Waals surface area (Å²) < 4.78 is 0. The first-order valence-electron chi connectivity index (χ1n) is 4.19. The second-order valence-corrected chi connectivity index (χ2v) is 2.83. The number of amides is 1. The summed E-state index contributed by atoms with van der Waals surface area (Å²) in [7, 11) is 0. The first-order chi connectivity index (χ1) is 7.09. The quantitative estimate of drug-likeness (QED) is 0.463. The van der Waals surface area contributed by atoms with E-state index in [0.29, 0.717) is 5.56 Å². The molecule has 1 rings (SSSR count). The fourth-order valence-electron chi connectivity index (χ4n) is 0.970. The van der Waals surface area contributed by atoms with Crippen LogP contribution in [-0.4, -0.2) is 28.6 Å². The van der Waals surface area contributed by atoms with Crippen molar-refractivity contribution in [3.63, 3.8) is 0 Å². The van der Waals surface area contributed by atoms with E-state index in [1.807, 2.05) is 0 Å². The number of carboxylic acid groups (broad SMARTS) is 1. The van der Waals surface area contributed by atoms with Crippen molar-refractivity contribution in [2.24, 2.45) is 5.84 Å². The van der Waals surface area contributed by atoms with Gasteiger partial charge in [-0.15, -0.1) is 5.12 Å². The minimum Gasteiger partial charge on any atom is -0.480 e. The first-order valence-corrected chi connectivity index (χ1v) is 4.19. The Morgan fingerprint density at radius 3 is 2.47 bits per heavy atom. The number of aliphatic carboxylic acids is 1. The van der Waals surface area contributed by atoms with Gasteiger partial charge in [0.2, 0.25) is 0 Å². The number of nitrogens with two attached hydrogens (primary N) is 1. The minimum atomic E-state index is -1.12. The lowest BCUT2D eigenvalue weighted by molar-refractivity contribution is -0.138. The zero-order chi connectivity index (χ0) is 11.3. The molecule has 0 atom stereocenters. The molecule has 0 saturated carbocycles. The predicted octanol–water partition coefficient (Wildman–Crippen LogP) is -0.408. The molecule has 0 radical (unpaired) electrons. The zero-order valence-electron chi connectivity index (χ0n) is 7.88. The van der Waals surface area contributed by atoms with E-state index in [9.17, 15) is 9.59 Å². The summed E-state index contributed by atoms with van der Waals surface area (Å²) in [5, 5.41) is 9.11. The van der Waals surface area contributed by atoms with Crippen LogP contribution in [0.25, 0.3) is 0 Å². The zero-order valence-corrected chi connectivity index (χ0v) is 7.88. The van der Waals surface area contributed by atoms with Gasteiger partial charge in [0.05, 0.1) is 0 Å². The number of nitrogens with one attached hydrogen (secondary N) is 1. The SMILES string of the molecule is NN(CC(=O)O)NC(=O)c1ccccc1. The lowest BCUT2D eigenvalue weighted by Crippen LogP contribution is -2.49. The highest BCUT2D eigenvalue weighted by atomic mass is 16.4. The summed E-state index contributed by atoms with van der Waals surface area (Å²) in [6, 6.07) is 8.38. The number of rotatable bonds is 4. The lowest BCUT2D eigenvalue weighted by Gasteiger charge is -2.14. The van der Waals surface area contributed by atoms with Crippen LogP contribution in [0.3, 0.4) is 0 Å². The van der Waals surface area contributed by atoms with Gasteiger partial charge in [-0.2, -0.15) is 0 Å². The summed E-state index contributed by atoms with van der Waals surface area (Å²) in [5.41, 5.74) is 2.63. The van der Waals surface area contributed by atoms with Crippen molar-refractivity contribution in [1.29, 1.82) is 0 Å². The van der Waals surface area contributed by atoms with Gasteiger partial charge in [-0.05, 0) is 12.1 Å². The molecular formula is C9H11N3O3. The molecule has 1 amide bonds. The van der Waals surface area contributed by atoms with Crippen LogP contribution in [0.1, 0.15) is 10.4 Å². The second-order valence-electron chi connectivity index (χ2n) is 2.83. The molecule has 0 aliphatic heterocycles. The molecule has 80 valence electrons. The van der Waals surface area contributed by atoms with E-state index < -0.39 is 18.4 Å². The van der Waals surface area contributed by atoms with E-state index in [2.05, 4.69) is 5.43 Å². The van der Waals surface area contributed by atoms with Crippen molar-refractivity contribution in [3.8, 4) is 0 Å². The standard InChI is InChI=1S/C9H11N3O3/c10-12(6-8(13)14)11-9(15)7-4-2-1-3-5-7/h1-5H,6,10H2,(H,11,15)(H,13,14). The predicted molar refractivity (Wildman–Crippen MR) is 52.4 cm³/mol. The molecule has 1 aromatic rings. The van der Waals surface area contributed by atoms with Crippen LogP contribution in [0.4, 0.5) is 0 Å². The molecule has 0 heterocycles. The lowest BCUT2D eigenvalue weighted by atomic mass is 10.2. The third-order valence-corrected chi connectivity index (χ3v) is 1.59. The summed E-state index contributed by atoms with van der Waals surface area (Å²) in [4.78, 5) is 21.7. The highest BCUT2D eigenvalue weighted by Gasteiger charge is 2.09. The number of carbonyl (C=O) groups is 2. The van der Waals surface area contributed by atoms with E-state index >= 15 is 0 Å². The largest absolute Gasteiger partial charge is 0.480 e. The van der Waals surface area contributed by atoms with E-state index in [0.717, 1.165) is 5.12 Å². The van der Waals surface area contributed by atoms with Crippen LogP contribution in [0.2, 0.25) is 0 Å². The fraction of sp³-hybridized carbons (Fsp3) is 0.111. The molecule has 6 nitrogen and oxygen atoms in total. The van der Waals surface area contributed by atoms with Gasteiger partial charge in [-0.25, -0.2) is 0 Å². The summed E-state index contributed by atoms with van der Waals surface area (Å²) in [5.74, 6) is 3.67. The molecule has 0 spiro atoms.